The van der Waals surface area contributed by atoms with Gasteiger partial charge in [0.25, 0.3) is 0 Å². The van der Waals surface area contributed by atoms with Crippen molar-refractivity contribution in [1.82, 2.24) is 0 Å². The lowest BCUT2D eigenvalue weighted by atomic mass is 10.1. The normalized spacial score (nSPS) is 21.1. The van der Waals surface area contributed by atoms with Gasteiger partial charge >= 0.3 is 0 Å². The van der Waals surface area contributed by atoms with Crippen molar-refractivity contribution >= 4 is 15.9 Å². The molecule has 0 aromatic heterocycles. The van der Waals surface area contributed by atoms with E-state index in [1.165, 1.54) is 21.2 Å². The summed E-state index contributed by atoms with van der Waals surface area (Å²) in [6.45, 7) is 2.11. The number of nitrogens with two attached hydrogens (primary N) is 1. The highest BCUT2D eigenvalue weighted by atomic mass is 79.9. The van der Waals surface area contributed by atoms with Gasteiger partial charge in [-0.3, -0.25) is 0 Å². The Labute approximate surface area is 81.1 Å². The molecule has 0 unspecified atom stereocenters. The molecule has 0 amide bonds. The minimum atomic E-state index is 0.260. The van der Waals surface area contributed by atoms with Gasteiger partial charge in [0.15, 0.2) is 0 Å². The third-order valence-electron chi connectivity index (χ3n) is 2.48. The average molecular weight is 226 g/mol. The first-order valence-electron chi connectivity index (χ1n) is 4.23. The fourth-order valence-electron chi connectivity index (χ4n) is 1.85. The second kappa shape index (κ2) is 2.86. The van der Waals surface area contributed by atoms with E-state index in [4.69, 9.17) is 5.73 Å². The number of hydrogen-bond acceptors (Lipinski definition) is 1. The molecule has 1 nitrogen and oxygen atoms in total. The lowest BCUT2D eigenvalue weighted by molar-refractivity contribution is 0.713. The first-order chi connectivity index (χ1) is 5.68. The molecule has 1 aromatic rings. The SMILES string of the molecule is Cc1cc(Br)c2c(c1)[C@@H](N)CC2. The van der Waals surface area contributed by atoms with Crippen LogP contribution >= 0.6 is 15.9 Å². The van der Waals surface area contributed by atoms with Crippen LogP contribution in [0.1, 0.15) is 29.2 Å². The van der Waals surface area contributed by atoms with Crippen molar-refractivity contribution < 1.29 is 0 Å². The van der Waals surface area contributed by atoms with Crippen molar-refractivity contribution in [1.29, 1.82) is 0 Å². The zero-order valence-electron chi connectivity index (χ0n) is 7.10. The fourth-order valence-corrected chi connectivity index (χ4v) is 2.64. The molecule has 0 saturated carbocycles. The Kier molecular flexibility index (Phi) is 1.97. The summed E-state index contributed by atoms with van der Waals surface area (Å²) in [5.41, 5.74) is 10.00. The van der Waals surface area contributed by atoms with Crippen LogP contribution in [0.15, 0.2) is 16.6 Å². The molecule has 0 spiro atoms. The van der Waals surface area contributed by atoms with E-state index in [-0.39, 0.29) is 6.04 Å². The van der Waals surface area contributed by atoms with E-state index in [9.17, 15) is 0 Å². The molecule has 0 saturated heterocycles. The second-order valence-corrected chi connectivity index (χ2v) is 4.31. The second-order valence-electron chi connectivity index (χ2n) is 3.46. The highest BCUT2D eigenvalue weighted by Crippen LogP contribution is 2.35. The fraction of sp³-hybridized carbons (Fsp3) is 0.400. The minimum Gasteiger partial charge on any atom is -0.324 e. The first-order valence-corrected chi connectivity index (χ1v) is 5.02. The topological polar surface area (TPSA) is 26.0 Å². The predicted molar refractivity (Wildman–Crippen MR) is 54.1 cm³/mol. The zero-order chi connectivity index (χ0) is 8.72. The summed E-state index contributed by atoms with van der Waals surface area (Å²) in [7, 11) is 0. The Morgan fingerprint density at radius 2 is 2.25 bits per heavy atom. The Bertz CT molecular complexity index is 320. The first kappa shape index (κ1) is 8.27. The summed E-state index contributed by atoms with van der Waals surface area (Å²) < 4.78 is 1.23. The molecular formula is C10H12BrN. The van der Waals surface area contributed by atoms with E-state index in [1.807, 2.05) is 0 Å². The standard InChI is InChI=1S/C10H12BrN/c1-6-4-8-7(9(11)5-6)2-3-10(8)12/h4-5,10H,2-3,12H2,1H3/t10-/m0/s1. The number of halogens is 1. The molecule has 64 valence electrons. The molecule has 1 aromatic carbocycles. The van der Waals surface area contributed by atoms with Crippen molar-refractivity contribution in [2.75, 3.05) is 0 Å². The van der Waals surface area contributed by atoms with Crippen molar-refractivity contribution in [3.05, 3.63) is 33.3 Å². The van der Waals surface area contributed by atoms with Crippen molar-refractivity contribution in [3.8, 4) is 0 Å². The van der Waals surface area contributed by atoms with E-state index in [2.05, 4.69) is 35.0 Å². The van der Waals surface area contributed by atoms with Gasteiger partial charge in [-0.15, -0.1) is 0 Å². The monoisotopic (exact) mass is 225 g/mol. The van der Waals surface area contributed by atoms with Gasteiger partial charge in [-0.2, -0.15) is 0 Å². The molecule has 0 radical (unpaired) electrons. The summed E-state index contributed by atoms with van der Waals surface area (Å²) in [6, 6.07) is 4.63. The van der Waals surface area contributed by atoms with E-state index < -0.39 is 0 Å². The van der Waals surface area contributed by atoms with Crippen LogP contribution < -0.4 is 5.73 Å². The molecule has 0 aliphatic heterocycles. The number of fused-ring (bicyclic) bond motifs is 1. The highest BCUT2D eigenvalue weighted by Gasteiger charge is 2.20. The van der Waals surface area contributed by atoms with Crippen LogP contribution in [-0.4, -0.2) is 0 Å². The van der Waals surface area contributed by atoms with Gasteiger partial charge in [0.05, 0.1) is 0 Å². The molecule has 0 heterocycles. The summed E-state index contributed by atoms with van der Waals surface area (Å²) in [5, 5.41) is 0. The third-order valence-corrected chi connectivity index (χ3v) is 3.19. The average Bonchev–Trinajstić information content (AvgIpc) is 2.33. The van der Waals surface area contributed by atoms with Gasteiger partial charge in [-0.05, 0) is 42.5 Å². The summed E-state index contributed by atoms with van der Waals surface area (Å²) in [4.78, 5) is 0. The maximum Gasteiger partial charge on any atom is 0.0301 e. The van der Waals surface area contributed by atoms with Crippen molar-refractivity contribution in [2.45, 2.75) is 25.8 Å². The number of aryl methyl sites for hydroxylation is 1. The molecule has 1 aliphatic rings. The summed E-state index contributed by atoms with van der Waals surface area (Å²) in [6.07, 6.45) is 2.22. The van der Waals surface area contributed by atoms with E-state index in [0.29, 0.717) is 0 Å². The zero-order valence-corrected chi connectivity index (χ0v) is 8.69. The van der Waals surface area contributed by atoms with Crippen molar-refractivity contribution in [3.63, 3.8) is 0 Å². The van der Waals surface area contributed by atoms with E-state index in [0.717, 1.165) is 12.8 Å². The van der Waals surface area contributed by atoms with Crippen LogP contribution in [0.25, 0.3) is 0 Å². The van der Waals surface area contributed by atoms with E-state index >= 15 is 0 Å². The van der Waals surface area contributed by atoms with Gasteiger partial charge < -0.3 is 5.73 Å². The molecule has 2 N–H and O–H groups in total. The maximum absolute atomic E-state index is 5.96. The van der Waals surface area contributed by atoms with Crippen LogP contribution in [0.3, 0.4) is 0 Å². The van der Waals surface area contributed by atoms with Crippen LogP contribution in [0.5, 0.6) is 0 Å². The quantitative estimate of drug-likeness (QED) is 0.723. The van der Waals surface area contributed by atoms with Crippen LogP contribution in [-0.2, 0) is 6.42 Å². The van der Waals surface area contributed by atoms with Crippen LogP contribution in [0, 0.1) is 6.92 Å². The van der Waals surface area contributed by atoms with Gasteiger partial charge in [-0.25, -0.2) is 0 Å². The molecule has 0 bridgehead atoms. The Morgan fingerprint density at radius 1 is 1.50 bits per heavy atom. The van der Waals surface area contributed by atoms with Gasteiger partial charge in [0.1, 0.15) is 0 Å². The molecule has 0 fully saturated rings. The van der Waals surface area contributed by atoms with Crippen LogP contribution in [0.4, 0.5) is 0 Å². The van der Waals surface area contributed by atoms with Crippen LogP contribution in [0.2, 0.25) is 0 Å². The number of hydrogen-bond donors (Lipinski definition) is 1. The van der Waals surface area contributed by atoms with E-state index in [1.54, 1.807) is 0 Å². The Morgan fingerprint density at radius 3 is 3.00 bits per heavy atom. The summed E-state index contributed by atoms with van der Waals surface area (Å²) in [5.74, 6) is 0. The molecule has 12 heavy (non-hydrogen) atoms. The lowest BCUT2D eigenvalue weighted by Gasteiger charge is -2.07. The van der Waals surface area contributed by atoms with Gasteiger partial charge in [-0.1, -0.05) is 22.0 Å². The predicted octanol–water partition coefficient (Wildman–Crippen LogP) is 2.70. The lowest BCUT2D eigenvalue weighted by Crippen LogP contribution is -2.05. The minimum absolute atomic E-state index is 0.260. The molecule has 2 heteroatoms. The number of rotatable bonds is 0. The smallest absolute Gasteiger partial charge is 0.0301 e. The molecule has 1 aliphatic carbocycles. The molecular weight excluding hydrogens is 214 g/mol. The van der Waals surface area contributed by atoms with Gasteiger partial charge in [0, 0.05) is 10.5 Å². The van der Waals surface area contributed by atoms with Gasteiger partial charge in [0.2, 0.25) is 0 Å². The maximum atomic E-state index is 5.96. The Balaban J connectivity index is 2.60. The molecule has 1 atom stereocenters. The molecule has 2 rings (SSSR count). The third kappa shape index (κ3) is 1.19. The van der Waals surface area contributed by atoms with Crippen molar-refractivity contribution in [2.24, 2.45) is 5.73 Å². The largest absolute Gasteiger partial charge is 0.324 e. The number of benzene rings is 1. The Hall–Kier alpha value is -0.340. The highest BCUT2D eigenvalue weighted by molar-refractivity contribution is 9.10. The summed E-state index contributed by atoms with van der Waals surface area (Å²) >= 11 is 3.57.